The fourth-order valence-corrected chi connectivity index (χ4v) is 7.69. The zero-order valence-corrected chi connectivity index (χ0v) is 40.7. The van der Waals surface area contributed by atoms with Gasteiger partial charge < -0.3 is 14.2 Å². The molecule has 61 heavy (non-hydrogen) atoms. The second-order valence-corrected chi connectivity index (χ2v) is 17.8. The Kier molecular flexibility index (Phi) is 48.3. The molecule has 6 nitrogen and oxygen atoms in total. The topological polar surface area (TPSA) is 78.9 Å². The second-order valence-electron chi connectivity index (χ2n) is 17.8. The molecule has 0 heterocycles. The minimum atomic E-state index is -0.778. The molecule has 0 aromatic carbocycles. The molecule has 0 spiro atoms. The number of hydrogen-bond acceptors (Lipinski definition) is 6. The van der Waals surface area contributed by atoms with Crippen LogP contribution >= 0.6 is 0 Å². The third-order valence-corrected chi connectivity index (χ3v) is 11.7. The Hall–Kier alpha value is -2.37. The molecule has 6 heteroatoms. The van der Waals surface area contributed by atoms with Crippen LogP contribution in [0.5, 0.6) is 0 Å². The SMILES string of the molecule is CC/C=C\C/C=C\C/C=C\CCCCCC(=O)OCC(COC(=O)CCCCCCCCCCCCCCCCC)OC(=O)CCCCCCCCCCCCCCCCC. The van der Waals surface area contributed by atoms with E-state index in [9.17, 15) is 14.4 Å². The lowest BCUT2D eigenvalue weighted by molar-refractivity contribution is -0.167. The highest BCUT2D eigenvalue weighted by Crippen LogP contribution is 2.16. The van der Waals surface area contributed by atoms with E-state index in [1.165, 1.54) is 154 Å². The Bertz CT molecular complexity index is 1030. The molecule has 0 N–H and O–H groups in total. The minimum Gasteiger partial charge on any atom is -0.462 e. The second kappa shape index (κ2) is 50.3. The molecule has 0 amide bonds. The predicted molar refractivity (Wildman–Crippen MR) is 261 cm³/mol. The van der Waals surface area contributed by atoms with E-state index in [1.807, 2.05) is 0 Å². The lowest BCUT2D eigenvalue weighted by atomic mass is 10.0. The van der Waals surface area contributed by atoms with Crippen LogP contribution in [0, 0.1) is 0 Å². The first-order chi connectivity index (χ1) is 30.0. The van der Waals surface area contributed by atoms with Gasteiger partial charge >= 0.3 is 17.9 Å². The van der Waals surface area contributed by atoms with E-state index in [1.54, 1.807) is 0 Å². The minimum absolute atomic E-state index is 0.0770. The Morgan fingerprint density at radius 3 is 1.00 bits per heavy atom. The number of rotatable bonds is 48. The zero-order valence-electron chi connectivity index (χ0n) is 40.7. The van der Waals surface area contributed by atoms with Crippen molar-refractivity contribution in [2.75, 3.05) is 13.2 Å². The van der Waals surface area contributed by atoms with Crippen LogP contribution in [0.2, 0.25) is 0 Å². The zero-order chi connectivity index (χ0) is 44.4. The highest BCUT2D eigenvalue weighted by atomic mass is 16.6. The van der Waals surface area contributed by atoms with Crippen LogP contribution in [0.25, 0.3) is 0 Å². The maximum Gasteiger partial charge on any atom is 0.306 e. The van der Waals surface area contributed by atoms with Crippen LogP contribution in [-0.2, 0) is 28.6 Å². The van der Waals surface area contributed by atoms with Crippen LogP contribution in [0.4, 0.5) is 0 Å². The summed E-state index contributed by atoms with van der Waals surface area (Å²) >= 11 is 0. The molecule has 1 unspecified atom stereocenters. The van der Waals surface area contributed by atoms with E-state index in [4.69, 9.17) is 14.2 Å². The standard InChI is InChI=1S/C55H100O6/c1-4-7-10-13-16-19-22-25-27-30-33-36-39-42-45-48-54(57)60-51-52(50-59-53(56)47-44-41-38-35-32-29-24-21-18-15-12-9-6-3)61-55(58)49-46-43-40-37-34-31-28-26-23-20-17-14-11-8-5-2/h9,12,18,21,29,32,52H,4-8,10-11,13-17,19-20,22-28,30-31,33-51H2,1-3H3/b12-9-,21-18-,32-29-. The summed E-state index contributed by atoms with van der Waals surface area (Å²) in [6, 6.07) is 0. The molecule has 0 bridgehead atoms. The van der Waals surface area contributed by atoms with Crippen molar-refractivity contribution in [1.29, 1.82) is 0 Å². The van der Waals surface area contributed by atoms with Crippen LogP contribution in [0.15, 0.2) is 36.5 Å². The van der Waals surface area contributed by atoms with Crippen molar-refractivity contribution in [2.45, 2.75) is 284 Å². The Morgan fingerprint density at radius 1 is 0.344 bits per heavy atom. The fraction of sp³-hybridized carbons (Fsp3) is 0.836. The molecule has 356 valence electrons. The van der Waals surface area contributed by atoms with Crippen molar-refractivity contribution >= 4 is 17.9 Å². The lowest BCUT2D eigenvalue weighted by Gasteiger charge is -2.18. The van der Waals surface area contributed by atoms with E-state index >= 15 is 0 Å². The quantitative estimate of drug-likeness (QED) is 0.0262. The van der Waals surface area contributed by atoms with Gasteiger partial charge in [-0.05, 0) is 51.4 Å². The number of unbranched alkanes of at least 4 members (excludes halogenated alkanes) is 31. The summed E-state index contributed by atoms with van der Waals surface area (Å²) in [4.78, 5) is 38.0. The summed E-state index contributed by atoms with van der Waals surface area (Å²) in [6.45, 7) is 6.53. The van der Waals surface area contributed by atoms with Gasteiger partial charge in [0.1, 0.15) is 13.2 Å². The number of hydrogen-bond donors (Lipinski definition) is 0. The van der Waals surface area contributed by atoms with Gasteiger partial charge in [-0.25, -0.2) is 0 Å². The number of esters is 3. The molecule has 0 aromatic heterocycles. The van der Waals surface area contributed by atoms with Crippen LogP contribution < -0.4 is 0 Å². The van der Waals surface area contributed by atoms with Gasteiger partial charge in [-0.3, -0.25) is 14.4 Å². The van der Waals surface area contributed by atoms with Gasteiger partial charge in [0.2, 0.25) is 0 Å². The van der Waals surface area contributed by atoms with Gasteiger partial charge in [0.15, 0.2) is 6.10 Å². The van der Waals surface area contributed by atoms with E-state index in [2.05, 4.69) is 57.2 Å². The summed E-state index contributed by atoms with van der Waals surface area (Å²) < 4.78 is 16.8. The van der Waals surface area contributed by atoms with Crippen molar-refractivity contribution in [3.63, 3.8) is 0 Å². The molecule has 0 aliphatic heterocycles. The predicted octanol–water partition coefficient (Wildman–Crippen LogP) is 17.3. The first-order valence-electron chi connectivity index (χ1n) is 26.5. The summed E-state index contributed by atoms with van der Waals surface area (Å²) in [5.74, 6) is -0.893. The van der Waals surface area contributed by atoms with Crippen molar-refractivity contribution in [3.8, 4) is 0 Å². The molecule has 1 atom stereocenters. The largest absolute Gasteiger partial charge is 0.462 e. The maximum absolute atomic E-state index is 12.8. The molecule has 0 rings (SSSR count). The molecule has 0 fully saturated rings. The van der Waals surface area contributed by atoms with Crippen molar-refractivity contribution in [2.24, 2.45) is 0 Å². The van der Waals surface area contributed by atoms with Crippen LogP contribution in [0.3, 0.4) is 0 Å². The molecule has 0 saturated heterocycles. The monoisotopic (exact) mass is 857 g/mol. The van der Waals surface area contributed by atoms with Gasteiger partial charge in [0, 0.05) is 19.3 Å². The normalized spacial score (nSPS) is 12.2. The average Bonchev–Trinajstić information content (AvgIpc) is 3.26. The number of ether oxygens (including phenoxy) is 3. The van der Waals surface area contributed by atoms with Crippen molar-refractivity contribution < 1.29 is 28.6 Å². The third-order valence-electron chi connectivity index (χ3n) is 11.7. The Morgan fingerprint density at radius 2 is 0.639 bits per heavy atom. The lowest BCUT2D eigenvalue weighted by Crippen LogP contribution is -2.30. The van der Waals surface area contributed by atoms with Gasteiger partial charge in [0.25, 0.3) is 0 Å². The van der Waals surface area contributed by atoms with Crippen molar-refractivity contribution in [1.82, 2.24) is 0 Å². The van der Waals surface area contributed by atoms with Crippen molar-refractivity contribution in [3.05, 3.63) is 36.5 Å². The number of allylic oxidation sites excluding steroid dienone is 6. The highest BCUT2D eigenvalue weighted by Gasteiger charge is 2.19. The fourth-order valence-electron chi connectivity index (χ4n) is 7.69. The van der Waals surface area contributed by atoms with E-state index in [-0.39, 0.29) is 31.1 Å². The number of carbonyl (C=O) groups is 3. The first-order valence-corrected chi connectivity index (χ1v) is 26.5. The smallest absolute Gasteiger partial charge is 0.306 e. The van der Waals surface area contributed by atoms with Gasteiger partial charge in [-0.2, -0.15) is 0 Å². The highest BCUT2D eigenvalue weighted by molar-refractivity contribution is 5.71. The molecule has 0 aromatic rings. The molecular formula is C55H100O6. The van der Waals surface area contributed by atoms with E-state index < -0.39 is 6.10 Å². The summed E-state index contributed by atoms with van der Waals surface area (Å²) in [7, 11) is 0. The Labute approximate surface area is 378 Å². The molecule has 0 aliphatic rings. The van der Waals surface area contributed by atoms with Crippen LogP contribution in [0.1, 0.15) is 278 Å². The van der Waals surface area contributed by atoms with Gasteiger partial charge in [-0.15, -0.1) is 0 Å². The van der Waals surface area contributed by atoms with E-state index in [0.29, 0.717) is 19.3 Å². The first kappa shape index (κ1) is 58.6. The number of carbonyl (C=O) groups excluding carboxylic acids is 3. The molecular weight excluding hydrogens is 757 g/mol. The molecule has 0 radical (unpaired) electrons. The summed E-state index contributed by atoms with van der Waals surface area (Å²) in [5.41, 5.74) is 0. The summed E-state index contributed by atoms with van der Waals surface area (Å²) in [5, 5.41) is 0. The summed E-state index contributed by atoms with van der Waals surface area (Å²) in [6.07, 6.45) is 58.4. The molecule has 0 aliphatic carbocycles. The Balaban J connectivity index is 4.37. The average molecular weight is 857 g/mol. The van der Waals surface area contributed by atoms with Gasteiger partial charge in [0.05, 0.1) is 0 Å². The maximum atomic E-state index is 12.8. The van der Waals surface area contributed by atoms with Crippen LogP contribution in [-0.4, -0.2) is 37.2 Å². The van der Waals surface area contributed by atoms with Gasteiger partial charge in [-0.1, -0.05) is 243 Å². The molecule has 0 saturated carbocycles. The van der Waals surface area contributed by atoms with E-state index in [0.717, 1.165) is 83.5 Å². The third kappa shape index (κ3) is 48.5.